The summed E-state index contributed by atoms with van der Waals surface area (Å²) in [5.74, 6) is 0.678. The van der Waals surface area contributed by atoms with Crippen molar-refractivity contribution >= 4 is 16.8 Å². The molecule has 4 rings (SSSR count). The molecule has 4 heteroatoms. The third kappa shape index (κ3) is 2.84. The summed E-state index contributed by atoms with van der Waals surface area (Å²) in [6.07, 6.45) is 8.51. The van der Waals surface area contributed by atoms with E-state index in [0.717, 1.165) is 23.0 Å². The molecule has 2 atom stereocenters. The molecule has 1 amide bonds. The standard InChI is InChI=1S/C20H27N3O/c1-22-13-10-16-17(7-4-9-19(16)22)20(24)21-14-15-6-5-12-23-11-3-2-8-18(15)23/h4,7,9-10,13,15,18H,2-3,5-6,8,11-12,14H2,1H3,(H,21,24)/t15-,18-/m1/s1. The van der Waals surface area contributed by atoms with Crippen LogP contribution in [0.3, 0.4) is 0 Å². The Kier molecular flexibility index (Phi) is 4.31. The molecule has 128 valence electrons. The van der Waals surface area contributed by atoms with E-state index >= 15 is 0 Å². The lowest BCUT2D eigenvalue weighted by Crippen LogP contribution is -2.51. The molecule has 2 aromatic rings. The van der Waals surface area contributed by atoms with E-state index in [1.54, 1.807) is 0 Å². The van der Waals surface area contributed by atoms with Gasteiger partial charge in [0, 0.05) is 42.3 Å². The van der Waals surface area contributed by atoms with Crippen LogP contribution in [-0.2, 0) is 7.05 Å². The molecule has 2 aliphatic heterocycles. The molecule has 2 aliphatic rings. The van der Waals surface area contributed by atoms with Gasteiger partial charge in [-0.25, -0.2) is 0 Å². The Bertz CT molecular complexity index is 734. The maximum atomic E-state index is 12.7. The second-order valence-electron chi connectivity index (χ2n) is 7.38. The fourth-order valence-corrected chi connectivity index (χ4v) is 4.63. The molecule has 1 aromatic heterocycles. The van der Waals surface area contributed by atoms with Gasteiger partial charge < -0.3 is 14.8 Å². The van der Waals surface area contributed by atoms with Crippen LogP contribution >= 0.6 is 0 Å². The molecule has 4 nitrogen and oxygen atoms in total. The molecule has 0 unspecified atom stereocenters. The van der Waals surface area contributed by atoms with E-state index < -0.39 is 0 Å². The summed E-state index contributed by atoms with van der Waals surface area (Å²) in [6.45, 7) is 3.31. The first-order valence-electron chi connectivity index (χ1n) is 9.30. The smallest absolute Gasteiger partial charge is 0.251 e. The highest BCUT2D eigenvalue weighted by atomic mass is 16.1. The van der Waals surface area contributed by atoms with Gasteiger partial charge >= 0.3 is 0 Å². The van der Waals surface area contributed by atoms with Crippen molar-refractivity contribution in [2.45, 2.75) is 38.1 Å². The molecule has 0 bridgehead atoms. The summed E-state index contributed by atoms with van der Waals surface area (Å²) in [6, 6.07) is 8.69. The fourth-order valence-electron chi connectivity index (χ4n) is 4.63. The lowest BCUT2D eigenvalue weighted by Gasteiger charge is -2.44. The van der Waals surface area contributed by atoms with Crippen LogP contribution < -0.4 is 5.32 Å². The van der Waals surface area contributed by atoms with Crippen LogP contribution in [0.25, 0.3) is 10.9 Å². The number of amides is 1. The van der Waals surface area contributed by atoms with E-state index in [2.05, 4.69) is 20.9 Å². The molecular formula is C20H27N3O. The summed E-state index contributed by atoms with van der Waals surface area (Å²) < 4.78 is 2.06. The van der Waals surface area contributed by atoms with Crippen LogP contribution in [-0.4, -0.2) is 41.1 Å². The Morgan fingerprint density at radius 2 is 2.04 bits per heavy atom. The third-order valence-electron chi connectivity index (χ3n) is 5.93. The van der Waals surface area contributed by atoms with Crippen molar-refractivity contribution in [3.05, 3.63) is 36.0 Å². The van der Waals surface area contributed by atoms with Crippen molar-refractivity contribution in [2.75, 3.05) is 19.6 Å². The van der Waals surface area contributed by atoms with Crippen molar-refractivity contribution in [2.24, 2.45) is 13.0 Å². The zero-order chi connectivity index (χ0) is 16.5. The van der Waals surface area contributed by atoms with Crippen LogP contribution in [0.1, 0.15) is 42.5 Å². The average molecular weight is 325 g/mol. The number of carbonyl (C=O) groups excluding carboxylic acids is 1. The zero-order valence-electron chi connectivity index (χ0n) is 14.5. The number of fused-ring (bicyclic) bond motifs is 2. The van der Waals surface area contributed by atoms with Crippen LogP contribution in [0.15, 0.2) is 30.5 Å². The summed E-state index contributed by atoms with van der Waals surface area (Å²) >= 11 is 0. The van der Waals surface area contributed by atoms with Crippen molar-refractivity contribution < 1.29 is 4.79 Å². The summed E-state index contributed by atoms with van der Waals surface area (Å²) in [7, 11) is 2.02. The number of hydrogen-bond acceptors (Lipinski definition) is 2. The molecule has 0 saturated carbocycles. The second kappa shape index (κ2) is 6.60. The van der Waals surface area contributed by atoms with Crippen LogP contribution in [0, 0.1) is 5.92 Å². The van der Waals surface area contributed by atoms with Gasteiger partial charge in [0.25, 0.3) is 5.91 Å². The minimum atomic E-state index is 0.0692. The molecule has 3 heterocycles. The maximum Gasteiger partial charge on any atom is 0.251 e. The number of nitrogens with zero attached hydrogens (tertiary/aromatic N) is 2. The van der Waals surface area contributed by atoms with Crippen LogP contribution in [0.5, 0.6) is 0 Å². The summed E-state index contributed by atoms with van der Waals surface area (Å²) in [5, 5.41) is 4.27. The van der Waals surface area contributed by atoms with Crippen LogP contribution in [0.2, 0.25) is 0 Å². The van der Waals surface area contributed by atoms with E-state index in [1.807, 2.05) is 31.4 Å². The predicted molar refractivity (Wildman–Crippen MR) is 97.2 cm³/mol. The molecule has 0 aliphatic carbocycles. The number of benzene rings is 1. The van der Waals surface area contributed by atoms with Gasteiger partial charge in [-0.2, -0.15) is 0 Å². The highest BCUT2D eigenvalue weighted by molar-refractivity contribution is 6.06. The fraction of sp³-hybridized carbons (Fsp3) is 0.550. The Hall–Kier alpha value is -1.81. The average Bonchev–Trinajstić information content (AvgIpc) is 3.01. The van der Waals surface area contributed by atoms with Gasteiger partial charge in [0.15, 0.2) is 0 Å². The van der Waals surface area contributed by atoms with Gasteiger partial charge in [0.05, 0.1) is 0 Å². The first kappa shape index (κ1) is 15.7. The lowest BCUT2D eigenvalue weighted by molar-refractivity contribution is 0.0576. The van der Waals surface area contributed by atoms with Crippen LogP contribution in [0.4, 0.5) is 0 Å². The van der Waals surface area contributed by atoms with E-state index in [1.165, 1.54) is 45.2 Å². The molecule has 0 radical (unpaired) electrons. The first-order valence-corrected chi connectivity index (χ1v) is 9.30. The molecule has 2 saturated heterocycles. The number of rotatable bonds is 3. The first-order chi connectivity index (χ1) is 11.7. The van der Waals surface area contributed by atoms with E-state index in [4.69, 9.17) is 0 Å². The van der Waals surface area contributed by atoms with Gasteiger partial charge in [-0.05, 0) is 62.9 Å². The lowest BCUT2D eigenvalue weighted by atomic mass is 9.83. The van der Waals surface area contributed by atoms with Gasteiger partial charge in [-0.3, -0.25) is 4.79 Å². The molecule has 24 heavy (non-hydrogen) atoms. The molecule has 2 fully saturated rings. The molecule has 1 N–H and O–H groups in total. The maximum absolute atomic E-state index is 12.7. The predicted octanol–water partition coefficient (Wildman–Crippen LogP) is 3.17. The van der Waals surface area contributed by atoms with E-state index in [0.29, 0.717) is 12.0 Å². The highest BCUT2D eigenvalue weighted by Crippen LogP contribution is 2.30. The number of carbonyl (C=O) groups is 1. The number of hydrogen-bond donors (Lipinski definition) is 1. The highest BCUT2D eigenvalue weighted by Gasteiger charge is 2.33. The number of piperidine rings is 2. The third-order valence-corrected chi connectivity index (χ3v) is 5.93. The van der Waals surface area contributed by atoms with Gasteiger partial charge in [0.1, 0.15) is 0 Å². The Morgan fingerprint density at radius 3 is 2.96 bits per heavy atom. The number of aromatic nitrogens is 1. The second-order valence-corrected chi connectivity index (χ2v) is 7.38. The minimum absolute atomic E-state index is 0.0692. The van der Waals surface area contributed by atoms with Crippen molar-refractivity contribution in [1.29, 1.82) is 0 Å². The topological polar surface area (TPSA) is 37.3 Å². The Labute approximate surface area is 143 Å². The monoisotopic (exact) mass is 325 g/mol. The molecule has 0 spiro atoms. The normalized spacial score (nSPS) is 24.7. The largest absolute Gasteiger partial charge is 0.352 e. The van der Waals surface area contributed by atoms with Gasteiger partial charge in [0.2, 0.25) is 0 Å². The van der Waals surface area contributed by atoms with Crippen molar-refractivity contribution in [3.8, 4) is 0 Å². The SMILES string of the molecule is Cn1ccc2c(C(=O)NC[C@H]3CCCN4CCCC[C@H]34)cccc21. The molecular weight excluding hydrogens is 298 g/mol. The van der Waals surface area contributed by atoms with Crippen molar-refractivity contribution in [1.82, 2.24) is 14.8 Å². The number of aryl methyl sites for hydroxylation is 1. The quantitative estimate of drug-likeness (QED) is 0.941. The molecule has 1 aromatic carbocycles. The minimum Gasteiger partial charge on any atom is -0.352 e. The Morgan fingerprint density at radius 1 is 1.17 bits per heavy atom. The Balaban J connectivity index is 1.46. The summed E-state index contributed by atoms with van der Waals surface area (Å²) in [4.78, 5) is 15.4. The summed E-state index contributed by atoms with van der Waals surface area (Å²) in [5.41, 5.74) is 1.91. The van der Waals surface area contributed by atoms with Gasteiger partial charge in [-0.15, -0.1) is 0 Å². The van der Waals surface area contributed by atoms with E-state index in [9.17, 15) is 4.79 Å². The van der Waals surface area contributed by atoms with Gasteiger partial charge in [-0.1, -0.05) is 12.5 Å². The van der Waals surface area contributed by atoms with E-state index in [-0.39, 0.29) is 5.91 Å². The number of nitrogens with one attached hydrogen (secondary N) is 1. The zero-order valence-corrected chi connectivity index (χ0v) is 14.5. The van der Waals surface area contributed by atoms with Crippen molar-refractivity contribution in [3.63, 3.8) is 0 Å².